The topological polar surface area (TPSA) is 20.3 Å². The minimum Gasteiger partial charge on any atom is -0.315 e. The number of amides is 1. The summed E-state index contributed by atoms with van der Waals surface area (Å²) in [5.74, 6) is 2.10. The predicted molar refractivity (Wildman–Crippen MR) is 80.1 cm³/mol. The summed E-state index contributed by atoms with van der Waals surface area (Å²) in [5.41, 5.74) is 0.995. The maximum atomic E-state index is 12.8. The van der Waals surface area contributed by atoms with Crippen molar-refractivity contribution in [2.24, 2.45) is 23.7 Å². The molecule has 2 heteroatoms. The van der Waals surface area contributed by atoms with E-state index in [-0.39, 0.29) is 11.8 Å². The summed E-state index contributed by atoms with van der Waals surface area (Å²) in [6, 6.07) is 9.95. The molecule has 0 N–H and O–H groups in total. The molecule has 0 aromatic heterocycles. The van der Waals surface area contributed by atoms with Crippen molar-refractivity contribution in [2.75, 3.05) is 11.9 Å². The molecule has 0 spiro atoms. The zero-order valence-electron chi connectivity index (χ0n) is 12.5. The Morgan fingerprint density at radius 3 is 2.42 bits per heavy atom. The van der Waals surface area contributed by atoms with Crippen LogP contribution in [-0.4, -0.2) is 13.0 Å². The Balaban J connectivity index is 2.18. The molecular formula is C17H25NO. The molecule has 1 aliphatic rings. The van der Waals surface area contributed by atoms with Gasteiger partial charge in [0.1, 0.15) is 0 Å². The Morgan fingerprint density at radius 2 is 1.84 bits per heavy atom. The van der Waals surface area contributed by atoms with E-state index in [0.717, 1.165) is 5.69 Å². The van der Waals surface area contributed by atoms with Crippen LogP contribution in [0.2, 0.25) is 0 Å². The molecule has 1 aliphatic carbocycles. The Hall–Kier alpha value is -1.31. The summed E-state index contributed by atoms with van der Waals surface area (Å²) in [6.45, 7) is 6.71. The fourth-order valence-electron chi connectivity index (χ4n) is 3.41. The number of carbonyl (C=O) groups is 1. The molecule has 1 aromatic rings. The summed E-state index contributed by atoms with van der Waals surface area (Å²) in [6.07, 6.45) is 2.37. The van der Waals surface area contributed by atoms with E-state index in [2.05, 4.69) is 20.8 Å². The highest BCUT2D eigenvalue weighted by Crippen LogP contribution is 2.42. The van der Waals surface area contributed by atoms with E-state index in [0.29, 0.717) is 17.8 Å². The minimum absolute atomic E-state index is 0.185. The Bertz CT molecular complexity index is 426. The molecular weight excluding hydrogens is 234 g/mol. The van der Waals surface area contributed by atoms with Crippen molar-refractivity contribution in [3.8, 4) is 0 Å². The molecule has 0 unspecified atom stereocenters. The number of para-hydroxylation sites is 1. The number of rotatable bonds is 3. The lowest BCUT2D eigenvalue weighted by Crippen LogP contribution is -2.38. The molecule has 0 radical (unpaired) electrons. The monoisotopic (exact) mass is 259 g/mol. The van der Waals surface area contributed by atoms with E-state index in [4.69, 9.17) is 0 Å². The first kappa shape index (κ1) is 14.1. The van der Waals surface area contributed by atoms with E-state index in [1.165, 1.54) is 12.8 Å². The average molecular weight is 259 g/mol. The van der Waals surface area contributed by atoms with Crippen LogP contribution in [0.3, 0.4) is 0 Å². The Labute approximate surface area is 116 Å². The number of hydrogen-bond acceptors (Lipinski definition) is 1. The van der Waals surface area contributed by atoms with Gasteiger partial charge in [-0.2, -0.15) is 0 Å². The van der Waals surface area contributed by atoms with Crippen LogP contribution >= 0.6 is 0 Å². The Morgan fingerprint density at radius 1 is 1.21 bits per heavy atom. The quantitative estimate of drug-likeness (QED) is 0.804. The lowest BCUT2D eigenvalue weighted by molar-refractivity contribution is -0.124. The van der Waals surface area contributed by atoms with Crippen LogP contribution in [-0.2, 0) is 4.79 Å². The van der Waals surface area contributed by atoms with Crippen molar-refractivity contribution in [2.45, 2.75) is 33.6 Å². The second kappa shape index (κ2) is 5.77. The van der Waals surface area contributed by atoms with Gasteiger partial charge >= 0.3 is 0 Å². The number of anilines is 1. The van der Waals surface area contributed by atoms with E-state index in [9.17, 15) is 4.79 Å². The van der Waals surface area contributed by atoms with Crippen molar-refractivity contribution >= 4 is 11.6 Å². The summed E-state index contributed by atoms with van der Waals surface area (Å²) in [7, 11) is 1.90. The van der Waals surface area contributed by atoms with E-state index in [1.54, 1.807) is 0 Å². The first-order valence-corrected chi connectivity index (χ1v) is 7.35. The van der Waals surface area contributed by atoms with Crippen LogP contribution < -0.4 is 4.90 Å². The fraction of sp³-hybridized carbons (Fsp3) is 0.588. The van der Waals surface area contributed by atoms with Gasteiger partial charge in [-0.15, -0.1) is 0 Å². The van der Waals surface area contributed by atoms with Crippen LogP contribution in [0.15, 0.2) is 30.3 Å². The molecule has 1 fully saturated rings. The van der Waals surface area contributed by atoms with Crippen molar-refractivity contribution in [3.63, 3.8) is 0 Å². The van der Waals surface area contributed by atoms with Gasteiger partial charge in [0.25, 0.3) is 0 Å². The van der Waals surface area contributed by atoms with Crippen LogP contribution in [0.25, 0.3) is 0 Å². The standard InChI is InChI=1S/C17H25NO/c1-12(2)15-11-10-13(3)16(15)17(19)18(4)14-8-6-5-7-9-14/h5-9,12-13,15-16H,10-11H2,1-4H3/t13-,15-,16+/m0/s1. The van der Waals surface area contributed by atoms with Crippen molar-refractivity contribution in [3.05, 3.63) is 30.3 Å². The summed E-state index contributed by atoms with van der Waals surface area (Å²) in [4.78, 5) is 14.6. The highest BCUT2D eigenvalue weighted by atomic mass is 16.2. The Kier molecular flexibility index (Phi) is 4.28. The summed E-state index contributed by atoms with van der Waals surface area (Å²) >= 11 is 0. The van der Waals surface area contributed by atoms with Gasteiger partial charge in [-0.05, 0) is 42.7 Å². The van der Waals surface area contributed by atoms with Crippen molar-refractivity contribution < 1.29 is 4.79 Å². The molecule has 1 amide bonds. The molecule has 0 aliphatic heterocycles. The van der Waals surface area contributed by atoms with Gasteiger partial charge in [0, 0.05) is 18.7 Å². The van der Waals surface area contributed by atoms with Crippen LogP contribution in [0.5, 0.6) is 0 Å². The average Bonchev–Trinajstić information content (AvgIpc) is 2.80. The van der Waals surface area contributed by atoms with Crippen LogP contribution in [0.4, 0.5) is 5.69 Å². The van der Waals surface area contributed by atoms with Crippen LogP contribution in [0.1, 0.15) is 33.6 Å². The van der Waals surface area contributed by atoms with E-state index >= 15 is 0 Å². The van der Waals surface area contributed by atoms with Gasteiger partial charge in [-0.3, -0.25) is 4.79 Å². The number of nitrogens with zero attached hydrogens (tertiary/aromatic N) is 1. The van der Waals surface area contributed by atoms with Crippen molar-refractivity contribution in [1.82, 2.24) is 0 Å². The smallest absolute Gasteiger partial charge is 0.230 e. The third-order valence-electron chi connectivity index (χ3n) is 4.65. The van der Waals surface area contributed by atoms with Gasteiger partial charge in [0.05, 0.1) is 0 Å². The zero-order chi connectivity index (χ0) is 14.0. The lowest BCUT2D eigenvalue weighted by atomic mass is 9.82. The maximum Gasteiger partial charge on any atom is 0.230 e. The second-order valence-corrected chi connectivity index (χ2v) is 6.22. The highest BCUT2D eigenvalue weighted by molar-refractivity contribution is 5.95. The first-order valence-electron chi connectivity index (χ1n) is 7.35. The zero-order valence-corrected chi connectivity index (χ0v) is 12.5. The summed E-state index contributed by atoms with van der Waals surface area (Å²) < 4.78 is 0. The normalized spacial score (nSPS) is 26.7. The number of benzene rings is 1. The van der Waals surface area contributed by atoms with E-state index in [1.807, 2.05) is 42.3 Å². The molecule has 3 atom stereocenters. The molecule has 1 aromatic carbocycles. The third-order valence-corrected chi connectivity index (χ3v) is 4.65. The molecule has 0 bridgehead atoms. The molecule has 0 saturated heterocycles. The SMILES string of the molecule is CC(C)[C@@H]1CC[C@H](C)[C@H]1C(=O)N(C)c1ccccc1. The van der Waals surface area contributed by atoms with Gasteiger partial charge in [0.2, 0.25) is 5.91 Å². The molecule has 104 valence electrons. The third kappa shape index (κ3) is 2.83. The van der Waals surface area contributed by atoms with E-state index < -0.39 is 0 Å². The molecule has 1 saturated carbocycles. The van der Waals surface area contributed by atoms with Gasteiger partial charge in [-0.1, -0.05) is 39.0 Å². The molecule has 0 heterocycles. The maximum absolute atomic E-state index is 12.8. The minimum atomic E-state index is 0.185. The van der Waals surface area contributed by atoms with Gasteiger partial charge in [-0.25, -0.2) is 0 Å². The summed E-state index contributed by atoms with van der Waals surface area (Å²) in [5, 5.41) is 0. The first-order chi connectivity index (χ1) is 9.02. The van der Waals surface area contributed by atoms with Crippen molar-refractivity contribution in [1.29, 1.82) is 0 Å². The number of carbonyl (C=O) groups excluding carboxylic acids is 1. The number of hydrogen-bond donors (Lipinski definition) is 0. The molecule has 2 rings (SSSR count). The fourth-order valence-corrected chi connectivity index (χ4v) is 3.41. The van der Waals surface area contributed by atoms with Gasteiger partial charge in [0.15, 0.2) is 0 Å². The van der Waals surface area contributed by atoms with Gasteiger partial charge < -0.3 is 4.90 Å². The van der Waals surface area contributed by atoms with Crippen LogP contribution in [0, 0.1) is 23.7 Å². The predicted octanol–water partition coefficient (Wildman–Crippen LogP) is 3.97. The largest absolute Gasteiger partial charge is 0.315 e. The highest BCUT2D eigenvalue weighted by Gasteiger charge is 2.41. The second-order valence-electron chi connectivity index (χ2n) is 6.22. The lowest BCUT2D eigenvalue weighted by Gasteiger charge is -2.29. The molecule has 2 nitrogen and oxygen atoms in total. The molecule has 19 heavy (non-hydrogen) atoms.